The number of hydrogen-bond acceptors (Lipinski definition) is 3. The van der Waals surface area contributed by atoms with Gasteiger partial charge < -0.3 is 15.0 Å². The Kier molecular flexibility index (Phi) is 2.73. The lowest BCUT2D eigenvalue weighted by Gasteiger charge is -2.37. The SMILES string of the molecule is CC(C(=O)[O-])C1(O)CCCCC1. The predicted octanol–water partition coefficient (Wildman–Crippen LogP) is 0.0676. The standard InChI is InChI=1S/C9H16O3/c1-7(8(10)11)9(12)5-3-2-4-6-9/h7,12H,2-6H2,1H3,(H,10,11)/p-1. The Bertz CT molecular complexity index is 171. The molecular formula is C9H15O3-. The van der Waals surface area contributed by atoms with E-state index in [-0.39, 0.29) is 0 Å². The van der Waals surface area contributed by atoms with Crippen molar-refractivity contribution in [2.24, 2.45) is 5.92 Å². The van der Waals surface area contributed by atoms with Crippen LogP contribution in [0.1, 0.15) is 39.0 Å². The Morgan fingerprint density at radius 3 is 2.33 bits per heavy atom. The van der Waals surface area contributed by atoms with E-state index < -0.39 is 17.5 Å². The van der Waals surface area contributed by atoms with Crippen molar-refractivity contribution in [3.63, 3.8) is 0 Å². The minimum atomic E-state index is -1.14. The molecule has 70 valence electrons. The maximum Gasteiger partial charge on any atom is 0.0725 e. The highest BCUT2D eigenvalue weighted by Crippen LogP contribution is 2.33. The van der Waals surface area contributed by atoms with Crippen LogP contribution in [0.3, 0.4) is 0 Å². The first-order valence-corrected chi connectivity index (χ1v) is 4.49. The van der Waals surface area contributed by atoms with Crippen LogP contribution in [0.2, 0.25) is 0 Å². The molecule has 0 aliphatic heterocycles. The van der Waals surface area contributed by atoms with E-state index in [4.69, 9.17) is 0 Å². The number of carboxylic acid groups (broad SMARTS) is 1. The van der Waals surface area contributed by atoms with E-state index in [1.54, 1.807) is 0 Å². The van der Waals surface area contributed by atoms with Gasteiger partial charge in [0.1, 0.15) is 0 Å². The average molecular weight is 171 g/mol. The van der Waals surface area contributed by atoms with Gasteiger partial charge >= 0.3 is 0 Å². The fourth-order valence-corrected chi connectivity index (χ4v) is 1.82. The molecule has 3 nitrogen and oxygen atoms in total. The second-order valence-corrected chi connectivity index (χ2v) is 3.70. The van der Waals surface area contributed by atoms with Gasteiger partial charge in [-0.05, 0) is 12.8 Å². The summed E-state index contributed by atoms with van der Waals surface area (Å²) in [5, 5.41) is 20.4. The number of carboxylic acids is 1. The number of aliphatic hydroxyl groups is 1. The quantitative estimate of drug-likeness (QED) is 0.639. The Balaban J connectivity index is 2.62. The number of carbonyl (C=O) groups is 1. The van der Waals surface area contributed by atoms with Crippen LogP contribution in [0.25, 0.3) is 0 Å². The maximum atomic E-state index is 10.5. The Labute approximate surface area is 72.4 Å². The smallest absolute Gasteiger partial charge is 0.0725 e. The van der Waals surface area contributed by atoms with Crippen molar-refractivity contribution in [3.05, 3.63) is 0 Å². The fourth-order valence-electron chi connectivity index (χ4n) is 1.82. The first-order valence-electron chi connectivity index (χ1n) is 4.49. The highest BCUT2D eigenvalue weighted by Gasteiger charge is 2.35. The van der Waals surface area contributed by atoms with Crippen molar-refractivity contribution in [3.8, 4) is 0 Å². The molecular weight excluding hydrogens is 156 g/mol. The summed E-state index contributed by atoms with van der Waals surface area (Å²) in [5.74, 6) is -1.88. The number of aliphatic carboxylic acids is 1. The summed E-state index contributed by atoms with van der Waals surface area (Å²) in [5.41, 5.74) is -1.00. The van der Waals surface area contributed by atoms with Crippen LogP contribution in [0, 0.1) is 5.92 Å². The molecule has 0 heterocycles. The zero-order valence-corrected chi connectivity index (χ0v) is 7.38. The third kappa shape index (κ3) is 1.78. The minimum Gasteiger partial charge on any atom is -0.550 e. The summed E-state index contributed by atoms with van der Waals surface area (Å²) in [6.07, 6.45) is 4.15. The maximum absolute atomic E-state index is 10.5. The molecule has 0 aromatic heterocycles. The third-order valence-corrected chi connectivity index (χ3v) is 2.88. The lowest BCUT2D eigenvalue weighted by Crippen LogP contribution is -2.47. The van der Waals surface area contributed by atoms with Gasteiger partial charge in [-0.15, -0.1) is 0 Å². The van der Waals surface area contributed by atoms with Crippen LogP contribution >= 0.6 is 0 Å². The molecule has 12 heavy (non-hydrogen) atoms. The van der Waals surface area contributed by atoms with Gasteiger partial charge in [-0.2, -0.15) is 0 Å². The monoisotopic (exact) mass is 171 g/mol. The zero-order valence-electron chi connectivity index (χ0n) is 7.38. The van der Waals surface area contributed by atoms with Crippen LogP contribution in [0.15, 0.2) is 0 Å². The zero-order chi connectivity index (χ0) is 9.19. The van der Waals surface area contributed by atoms with Gasteiger partial charge in [0.15, 0.2) is 0 Å². The Morgan fingerprint density at radius 1 is 1.42 bits per heavy atom. The predicted molar refractivity (Wildman–Crippen MR) is 42.2 cm³/mol. The van der Waals surface area contributed by atoms with Crippen LogP contribution in [-0.2, 0) is 4.79 Å². The Morgan fingerprint density at radius 2 is 1.92 bits per heavy atom. The molecule has 0 radical (unpaired) electrons. The van der Waals surface area contributed by atoms with Gasteiger partial charge in [0, 0.05) is 11.9 Å². The molecule has 1 aliphatic carbocycles. The minimum absolute atomic E-state index is 0.599. The largest absolute Gasteiger partial charge is 0.550 e. The van der Waals surface area contributed by atoms with Gasteiger partial charge in [0.05, 0.1) is 5.60 Å². The van der Waals surface area contributed by atoms with Gasteiger partial charge in [-0.1, -0.05) is 26.2 Å². The fraction of sp³-hybridized carbons (Fsp3) is 0.889. The van der Waals surface area contributed by atoms with Crippen molar-refractivity contribution in [2.45, 2.75) is 44.6 Å². The van der Waals surface area contributed by atoms with E-state index in [0.29, 0.717) is 12.8 Å². The van der Waals surface area contributed by atoms with Gasteiger partial charge in [-0.3, -0.25) is 0 Å². The van der Waals surface area contributed by atoms with E-state index in [1.807, 2.05) is 0 Å². The van der Waals surface area contributed by atoms with Crippen molar-refractivity contribution < 1.29 is 15.0 Å². The summed E-state index contributed by atoms with van der Waals surface area (Å²) in [7, 11) is 0. The highest BCUT2D eigenvalue weighted by molar-refractivity contribution is 5.68. The lowest BCUT2D eigenvalue weighted by atomic mass is 9.76. The topological polar surface area (TPSA) is 60.4 Å². The van der Waals surface area contributed by atoms with E-state index >= 15 is 0 Å². The third-order valence-electron chi connectivity index (χ3n) is 2.88. The van der Waals surface area contributed by atoms with E-state index in [1.165, 1.54) is 6.92 Å². The van der Waals surface area contributed by atoms with Crippen molar-refractivity contribution in [1.29, 1.82) is 0 Å². The van der Waals surface area contributed by atoms with Crippen molar-refractivity contribution >= 4 is 5.97 Å². The number of carbonyl (C=O) groups excluding carboxylic acids is 1. The summed E-state index contributed by atoms with van der Waals surface area (Å²) in [4.78, 5) is 10.5. The average Bonchev–Trinajstić information content (AvgIpc) is 2.04. The molecule has 1 unspecified atom stereocenters. The molecule has 1 aliphatic rings. The first kappa shape index (κ1) is 9.52. The highest BCUT2D eigenvalue weighted by atomic mass is 16.4. The van der Waals surface area contributed by atoms with E-state index in [0.717, 1.165) is 19.3 Å². The van der Waals surface area contributed by atoms with Crippen LogP contribution in [0.5, 0.6) is 0 Å². The molecule has 1 N–H and O–H groups in total. The molecule has 3 heteroatoms. The normalized spacial score (nSPS) is 24.8. The first-order chi connectivity index (χ1) is 5.56. The van der Waals surface area contributed by atoms with Gasteiger partial charge in [0.2, 0.25) is 0 Å². The van der Waals surface area contributed by atoms with Crippen molar-refractivity contribution in [1.82, 2.24) is 0 Å². The van der Waals surface area contributed by atoms with Crippen molar-refractivity contribution in [2.75, 3.05) is 0 Å². The molecule has 0 amide bonds. The number of rotatable bonds is 2. The molecule has 0 saturated heterocycles. The molecule has 0 aromatic rings. The van der Waals surface area contributed by atoms with Gasteiger partial charge in [0.25, 0.3) is 0 Å². The number of hydrogen-bond donors (Lipinski definition) is 1. The van der Waals surface area contributed by atoms with E-state index in [2.05, 4.69) is 0 Å². The van der Waals surface area contributed by atoms with Crippen LogP contribution in [-0.4, -0.2) is 16.7 Å². The summed E-state index contributed by atoms with van der Waals surface area (Å²) >= 11 is 0. The van der Waals surface area contributed by atoms with Gasteiger partial charge in [-0.25, -0.2) is 0 Å². The molecule has 1 atom stereocenters. The lowest BCUT2D eigenvalue weighted by molar-refractivity contribution is -0.317. The summed E-state index contributed by atoms with van der Waals surface area (Å²) in [6, 6.07) is 0. The van der Waals surface area contributed by atoms with Crippen LogP contribution < -0.4 is 5.11 Å². The molecule has 0 spiro atoms. The molecule has 0 bridgehead atoms. The molecule has 0 aromatic carbocycles. The summed E-state index contributed by atoms with van der Waals surface area (Å²) in [6.45, 7) is 1.53. The molecule has 1 rings (SSSR count). The molecule has 1 fully saturated rings. The summed E-state index contributed by atoms with van der Waals surface area (Å²) < 4.78 is 0. The second kappa shape index (κ2) is 3.44. The second-order valence-electron chi connectivity index (χ2n) is 3.70. The van der Waals surface area contributed by atoms with E-state index in [9.17, 15) is 15.0 Å². The molecule has 1 saturated carbocycles. The Hall–Kier alpha value is -0.570. The van der Waals surface area contributed by atoms with Crippen LogP contribution in [0.4, 0.5) is 0 Å².